The molecule has 1 unspecified atom stereocenters. The fourth-order valence-electron chi connectivity index (χ4n) is 1.84. The van der Waals surface area contributed by atoms with Gasteiger partial charge in [0.25, 0.3) is 0 Å². The van der Waals surface area contributed by atoms with Gasteiger partial charge in [0, 0.05) is 19.0 Å². The minimum atomic E-state index is 0.228. The van der Waals surface area contributed by atoms with Crippen LogP contribution in [0.5, 0.6) is 0 Å². The van der Waals surface area contributed by atoms with Crippen molar-refractivity contribution in [1.82, 2.24) is 14.8 Å². The lowest BCUT2D eigenvalue weighted by molar-refractivity contribution is 0.510. The Morgan fingerprint density at radius 3 is 2.81 bits per heavy atom. The molecule has 16 heavy (non-hydrogen) atoms. The van der Waals surface area contributed by atoms with E-state index in [9.17, 15) is 0 Å². The van der Waals surface area contributed by atoms with Crippen molar-refractivity contribution in [3.8, 4) is 0 Å². The van der Waals surface area contributed by atoms with Gasteiger partial charge in [-0.3, -0.25) is 4.68 Å². The van der Waals surface area contributed by atoms with Crippen LogP contribution in [0.1, 0.15) is 51.8 Å². The van der Waals surface area contributed by atoms with Crippen molar-refractivity contribution in [3.05, 3.63) is 12.2 Å². The fraction of sp³-hybridized carbons (Fsp3) is 0.833. The Kier molecular flexibility index (Phi) is 6.08. The summed E-state index contributed by atoms with van der Waals surface area (Å²) in [7, 11) is 0. The second-order valence-electron chi connectivity index (χ2n) is 4.36. The molecule has 0 aliphatic carbocycles. The zero-order valence-electron chi connectivity index (χ0n) is 10.5. The first-order valence-electron chi connectivity index (χ1n) is 6.40. The molecular weight excluding hydrogens is 200 g/mol. The first-order chi connectivity index (χ1) is 7.77. The summed E-state index contributed by atoms with van der Waals surface area (Å²) in [4.78, 5) is 4.27. The number of nitrogens with two attached hydrogens (primary N) is 1. The van der Waals surface area contributed by atoms with Gasteiger partial charge in [-0.05, 0) is 12.8 Å². The van der Waals surface area contributed by atoms with Crippen molar-refractivity contribution in [2.45, 2.75) is 65.0 Å². The summed E-state index contributed by atoms with van der Waals surface area (Å²) >= 11 is 0. The molecule has 0 fully saturated rings. The third-order valence-electron chi connectivity index (χ3n) is 2.75. The summed E-state index contributed by atoms with van der Waals surface area (Å²) in [6.07, 6.45) is 8.40. The fourth-order valence-corrected chi connectivity index (χ4v) is 1.84. The SMILES string of the molecule is CCCCCC(N)Cc1ncnn1CCC. The molecule has 0 aliphatic heterocycles. The van der Waals surface area contributed by atoms with Gasteiger partial charge in [0.2, 0.25) is 0 Å². The number of hydrogen-bond acceptors (Lipinski definition) is 3. The average molecular weight is 224 g/mol. The summed E-state index contributed by atoms with van der Waals surface area (Å²) in [6.45, 7) is 5.30. The average Bonchev–Trinajstić information content (AvgIpc) is 2.67. The third kappa shape index (κ3) is 4.31. The lowest BCUT2D eigenvalue weighted by Gasteiger charge is -2.11. The highest BCUT2D eigenvalue weighted by Gasteiger charge is 2.09. The van der Waals surface area contributed by atoms with Crippen LogP contribution in [0.25, 0.3) is 0 Å². The maximum absolute atomic E-state index is 6.09. The highest BCUT2D eigenvalue weighted by atomic mass is 15.3. The lowest BCUT2D eigenvalue weighted by Crippen LogP contribution is -2.25. The molecule has 1 heterocycles. The second-order valence-corrected chi connectivity index (χ2v) is 4.36. The van der Waals surface area contributed by atoms with Crippen LogP contribution in [0.15, 0.2) is 6.33 Å². The normalized spacial score (nSPS) is 12.9. The predicted molar refractivity (Wildman–Crippen MR) is 66.1 cm³/mol. The summed E-state index contributed by atoms with van der Waals surface area (Å²) in [5, 5.41) is 4.21. The Labute approximate surface area is 98.2 Å². The predicted octanol–water partition coefficient (Wildman–Crippen LogP) is 2.14. The van der Waals surface area contributed by atoms with Crippen molar-refractivity contribution >= 4 is 0 Å². The van der Waals surface area contributed by atoms with Gasteiger partial charge in [-0.15, -0.1) is 0 Å². The molecule has 1 rings (SSSR count). The van der Waals surface area contributed by atoms with Gasteiger partial charge in [-0.25, -0.2) is 4.98 Å². The Bertz CT molecular complexity index is 282. The Morgan fingerprint density at radius 1 is 1.31 bits per heavy atom. The Morgan fingerprint density at radius 2 is 2.12 bits per heavy atom. The monoisotopic (exact) mass is 224 g/mol. The molecule has 0 saturated heterocycles. The highest BCUT2D eigenvalue weighted by Crippen LogP contribution is 2.06. The molecule has 2 N–H and O–H groups in total. The third-order valence-corrected chi connectivity index (χ3v) is 2.75. The van der Waals surface area contributed by atoms with Crippen molar-refractivity contribution in [1.29, 1.82) is 0 Å². The Balaban J connectivity index is 2.36. The number of aromatic nitrogens is 3. The van der Waals surface area contributed by atoms with Gasteiger partial charge in [-0.1, -0.05) is 33.1 Å². The van der Waals surface area contributed by atoms with E-state index in [1.165, 1.54) is 19.3 Å². The summed E-state index contributed by atoms with van der Waals surface area (Å²) in [5.41, 5.74) is 6.09. The van der Waals surface area contributed by atoms with Crippen molar-refractivity contribution in [2.75, 3.05) is 0 Å². The lowest BCUT2D eigenvalue weighted by atomic mass is 10.1. The van der Waals surface area contributed by atoms with E-state index < -0.39 is 0 Å². The maximum atomic E-state index is 6.09. The van der Waals surface area contributed by atoms with Crippen LogP contribution in [0.2, 0.25) is 0 Å². The van der Waals surface area contributed by atoms with E-state index in [-0.39, 0.29) is 6.04 Å². The smallest absolute Gasteiger partial charge is 0.138 e. The van der Waals surface area contributed by atoms with E-state index in [1.54, 1.807) is 6.33 Å². The minimum Gasteiger partial charge on any atom is -0.327 e. The molecule has 0 amide bonds. The van der Waals surface area contributed by atoms with Crippen LogP contribution in [0.3, 0.4) is 0 Å². The van der Waals surface area contributed by atoms with E-state index in [0.717, 1.165) is 31.6 Å². The minimum absolute atomic E-state index is 0.228. The van der Waals surface area contributed by atoms with Crippen LogP contribution >= 0.6 is 0 Å². The van der Waals surface area contributed by atoms with Crippen LogP contribution in [0.4, 0.5) is 0 Å². The zero-order valence-corrected chi connectivity index (χ0v) is 10.5. The molecule has 0 spiro atoms. The highest BCUT2D eigenvalue weighted by molar-refractivity contribution is 4.88. The van der Waals surface area contributed by atoms with Crippen LogP contribution in [-0.4, -0.2) is 20.8 Å². The maximum Gasteiger partial charge on any atom is 0.138 e. The van der Waals surface area contributed by atoms with Crippen molar-refractivity contribution < 1.29 is 0 Å². The van der Waals surface area contributed by atoms with Gasteiger partial charge < -0.3 is 5.73 Å². The number of rotatable bonds is 8. The number of unbranched alkanes of at least 4 members (excludes halogenated alkanes) is 2. The quantitative estimate of drug-likeness (QED) is 0.688. The van der Waals surface area contributed by atoms with Gasteiger partial charge >= 0.3 is 0 Å². The van der Waals surface area contributed by atoms with E-state index in [4.69, 9.17) is 5.73 Å². The van der Waals surface area contributed by atoms with Gasteiger partial charge in [-0.2, -0.15) is 5.10 Å². The standard InChI is InChI=1S/C12H24N4/c1-3-5-6-7-11(13)9-12-14-10-15-16(12)8-4-2/h10-11H,3-9,13H2,1-2H3. The van der Waals surface area contributed by atoms with Gasteiger partial charge in [0.05, 0.1) is 0 Å². The molecule has 0 aromatic carbocycles. The molecule has 1 aromatic heterocycles. The van der Waals surface area contributed by atoms with Crippen molar-refractivity contribution in [3.63, 3.8) is 0 Å². The number of hydrogen-bond donors (Lipinski definition) is 1. The Hall–Kier alpha value is -0.900. The zero-order chi connectivity index (χ0) is 11.8. The summed E-state index contributed by atoms with van der Waals surface area (Å²) in [5.74, 6) is 1.03. The first kappa shape index (κ1) is 13.2. The topological polar surface area (TPSA) is 56.7 Å². The molecular formula is C12H24N4. The van der Waals surface area contributed by atoms with Crippen LogP contribution < -0.4 is 5.73 Å². The molecule has 0 bridgehead atoms. The van der Waals surface area contributed by atoms with Crippen LogP contribution in [-0.2, 0) is 13.0 Å². The van der Waals surface area contributed by atoms with Crippen LogP contribution in [0, 0.1) is 0 Å². The summed E-state index contributed by atoms with van der Waals surface area (Å²) in [6, 6.07) is 0.228. The number of nitrogens with zero attached hydrogens (tertiary/aromatic N) is 3. The molecule has 0 radical (unpaired) electrons. The summed E-state index contributed by atoms with van der Waals surface area (Å²) < 4.78 is 1.97. The number of aryl methyl sites for hydroxylation is 1. The molecule has 0 aliphatic rings. The second kappa shape index (κ2) is 7.39. The molecule has 1 atom stereocenters. The van der Waals surface area contributed by atoms with Gasteiger partial charge in [0.1, 0.15) is 12.2 Å². The van der Waals surface area contributed by atoms with E-state index >= 15 is 0 Å². The molecule has 0 saturated carbocycles. The molecule has 1 aromatic rings. The van der Waals surface area contributed by atoms with E-state index in [2.05, 4.69) is 23.9 Å². The molecule has 92 valence electrons. The largest absolute Gasteiger partial charge is 0.327 e. The van der Waals surface area contributed by atoms with Gasteiger partial charge in [0.15, 0.2) is 0 Å². The van der Waals surface area contributed by atoms with E-state index in [1.807, 2.05) is 4.68 Å². The molecule has 4 nitrogen and oxygen atoms in total. The van der Waals surface area contributed by atoms with Crippen molar-refractivity contribution in [2.24, 2.45) is 5.73 Å². The van der Waals surface area contributed by atoms with E-state index in [0.29, 0.717) is 0 Å². The molecule has 4 heteroatoms. The first-order valence-corrected chi connectivity index (χ1v) is 6.40.